The quantitative estimate of drug-likeness (QED) is 0.602. The van der Waals surface area contributed by atoms with Crippen LogP contribution in [0.1, 0.15) is 28.8 Å². The Morgan fingerprint density at radius 2 is 1.63 bits per heavy atom. The highest BCUT2D eigenvalue weighted by atomic mass is 16.2. The van der Waals surface area contributed by atoms with Gasteiger partial charge in [0.1, 0.15) is 0 Å². The van der Waals surface area contributed by atoms with Crippen molar-refractivity contribution in [1.29, 1.82) is 0 Å². The molecule has 2 aromatic rings. The van der Waals surface area contributed by atoms with Crippen LogP contribution in [0.25, 0.3) is 0 Å². The van der Waals surface area contributed by atoms with Gasteiger partial charge in [0.25, 0.3) is 5.91 Å². The average molecular weight is 366 g/mol. The van der Waals surface area contributed by atoms with Gasteiger partial charge in [0.15, 0.2) is 0 Å². The van der Waals surface area contributed by atoms with Crippen LogP contribution in [0.2, 0.25) is 0 Å². The molecule has 1 fully saturated rings. The summed E-state index contributed by atoms with van der Waals surface area (Å²) in [4.78, 5) is 35.5. The Labute approximate surface area is 157 Å². The number of nitrogens with one attached hydrogen (secondary N) is 4. The number of carbonyl (C=O) groups is 3. The number of carbonyl (C=O) groups excluding carboxylic acids is 3. The zero-order valence-corrected chi connectivity index (χ0v) is 14.8. The summed E-state index contributed by atoms with van der Waals surface area (Å²) in [7, 11) is 0. The predicted molar refractivity (Wildman–Crippen MR) is 102 cm³/mol. The molecule has 3 rings (SSSR count). The molecule has 0 unspecified atom stereocenters. The van der Waals surface area contributed by atoms with E-state index in [1.807, 2.05) is 30.3 Å². The summed E-state index contributed by atoms with van der Waals surface area (Å²) in [6.07, 6.45) is 2.08. The highest BCUT2D eigenvalue weighted by Crippen LogP contribution is 2.19. The molecule has 0 heterocycles. The summed E-state index contributed by atoms with van der Waals surface area (Å²) in [5, 5.41) is 10.7. The fourth-order valence-electron chi connectivity index (χ4n) is 2.41. The maximum absolute atomic E-state index is 11.9. The smallest absolute Gasteiger partial charge is 0.321 e. The molecule has 27 heavy (non-hydrogen) atoms. The number of amides is 4. The third-order valence-electron chi connectivity index (χ3n) is 4.06. The summed E-state index contributed by atoms with van der Waals surface area (Å²) in [6.45, 7) is 0.296. The van der Waals surface area contributed by atoms with E-state index in [9.17, 15) is 14.4 Å². The molecule has 140 valence electrons. The Morgan fingerprint density at radius 3 is 2.30 bits per heavy atom. The molecule has 0 aromatic heterocycles. The molecular formula is C20H22N4O3. The van der Waals surface area contributed by atoms with Gasteiger partial charge < -0.3 is 16.0 Å². The van der Waals surface area contributed by atoms with Gasteiger partial charge in [-0.05, 0) is 42.7 Å². The number of rotatable bonds is 7. The molecule has 2 aromatic carbocycles. The fourth-order valence-corrected chi connectivity index (χ4v) is 2.41. The molecule has 0 bridgehead atoms. The van der Waals surface area contributed by atoms with Crippen molar-refractivity contribution in [2.24, 2.45) is 0 Å². The van der Waals surface area contributed by atoms with Crippen molar-refractivity contribution in [3.05, 3.63) is 65.7 Å². The van der Waals surface area contributed by atoms with Gasteiger partial charge in [-0.2, -0.15) is 0 Å². The van der Waals surface area contributed by atoms with Gasteiger partial charge in [0.05, 0.1) is 6.54 Å². The lowest BCUT2D eigenvalue weighted by Gasteiger charge is -2.09. The lowest BCUT2D eigenvalue weighted by molar-refractivity contribution is -0.118. The number of benzene rings is 2. The zero-order valence-electron chi connectivity index (χ0n) is 14.8. The largest absolute Gasteiger partial charge is 0.376 e. The van der Waals surface area contributed by atoms with Crippen molar-refractivity contribution in [2.75, 3.05) is 11.9 Å². The van der Waals surface area contributed by atoms with Gasteiger partial charge in [0.2, 0.25) is 5.91 Å². The molecule has 7 heteroatoms. The third-order valence-corrected chi connectivity index (χ3v) is 4.06. The Morgan fingerprint density at radius 1 is 0.926 bits per heavy atom. The lowest BCUT2D eigenvalue weighted by Crippen LogP contribution is -2.41. The van der Waals surface area contributed by atoms with Crippen LogP contribution in [0.15, 0.2) is 54.6 Å². The van der Waals surface area contributed by atoms with Gasteiger partial charge >= 0.3 is 6.03 Å². The number of hydrogen-bond acceptors (Lipinski definition) is 4. The van der Waals surface area contributed by atoms with Crippen LogP contribution in [-0.2, 0) is 11.3 Å². The molecule has 1 aliphatic rings. The SMILES string of the molecule is O=C(CNc1ccc(C(=O)NC2CC2)cc1)NC(=O)NCc1ccccc1. The first-order chi connectivity index (χ1) is 13.1. The average Bonchev–Trinajstić information content (AvgIpc) is 3.50. The van der Waals surface area contributed by atoms with E-state index in [1.54, 1.807) is 24.3 Å². The molecule has 1 saturated carbocycles. The molecule has 0 saturated heterocycles. The molecule has 7 nitrogen and oxygen atoms in total. The lowest BCUT2D eigenvalue weighted by atomic mass is 10.2. The Balaban J connectivity index is 1.38. The minimum atomic E-state index is -0.544. The van der Waals surface area contributed by atoms with Gasteiger partial charge in [-0.1, -0.05) is 30.3 Å². The van der Waals surface area contributed by atoms with E-state index in [0.29, 0.717) is 23.8 Å². The normalized spacial score (nSPS) is 12.7. The molecule has 0 radical (unpaired) electrons. The number of hydrogen-bond donors (Lipinski definition) is 4. The summed E-state index contributed by atoms with van der Waals surface area (Å²) in [6, 6.07) is 16.0. The van der Waals surface area contributed by atoms with E-state index in [0.717, 1.165) is 18.4 Å². The monoisotopic (exact) mass is 366 g/mol. The predicted octanol–water partition coefficient (Wildman–Crippen LogP) is 2.02. The first kappa shape index (κ1) is 18.4. The van der Waals surface area contributed by atoms with Crippen LogP contribution in [0.5, 0.6) is 0 Å². The Kier molecular flexibility index (Phi) is 6.04. The molecule has 0 aliphatic heterocycles. The molecule has 0 spiro atoms. The van der Waals surface area contributed by atoms with Crippen molar-refractivity contribution in [3.63, 3.8) is 0 Å². The van der Waals surface area contributed by atoms with E-state index in [1.165, 1.54) is 0 Å². The number of anilines is 1. The minimum absolute atomic E-state index is 0.0492. The highest BCUT2D eigenvalue weighted by Gasteiger charge is 2.23. The summed E-state index contributed by atoms with van der Waals surface area (Å²) < 4.78 is 0. The van der Waals surface area contributed by atoms with E-state index >= 15 is 0 Å². The van der Waals surface area contributed by atoms with Gasteiger partial charge in [0, 0.05) is 23.8 Å². The Hall–Kier alpha value is -3.35. The molecule has 4 amide bonds. The summed E-state index contributed by atoms with van der Waals surface area (Å²) in [5.74, 6) is -0.534. The maximum Gasteiger partial charge on any atom is 0.321 e. The summed E-state index contributed by atoms with van der Waals surface area (Å²) in [5.41, 5.74) is 2.22. The van der Waals surface area contributed by atoms with E-state index in [-0.39, 0.29) is 12.5 Å². The van der Waals surface area contributed by atoms with Crippen LogP contribution in [0.4, 0.5) is 10.5 Å². The van der Waals surface area contributed by atoms with E-state index in [2.05, 4.69) is 21.3 Å². The first-order valence-corrected chi connectivity index (χ1v) is 8.86. The number of imide groups is 1. The van der Waals surface area contributed by atoms with Crippen molar-refractivity contribution < 1.29 is 14.4 Å². The topological polar surface area (TPSA) is 99.3 Å². The van der Waals surface area contributed by atoms with Crippen LogP contribution in [0.3, 0.4) is 0 Å². The molecular weight excluding hydrogens is 344 g/mol. The van der Waals surface area contributed by atoms with Crippen molar-refractivity contribution in [1.82, 2.24) is 16.0 Å². The molecule has 4 N–H and O–H groups in total. The zero-order chi connectivity index (χ0) is 19.1. The maximum atomic E-state index is 11.9. The highest BCUT2D eigenvalue weighted by molar-refractivity contribution is 5.96. The van der Waals surface area contributed by atoms with Crippen molar-refractivity contribution >= 4 is 23.5 Å². The molecule has 1 aliphatic carbocycles. The van der Waals surface area contributed by atoms with Crippen LogP contribution in [0, 0.1) is 0 Å². The van der Waals surface area contributed by atoms with Crippen LogP contribution >= 0.6 is 0 Å². The van der Waals surface area contributed by atoms with Crippen LogP contribution in [-0.4, -0.2) is 30.4 Å². The van der Waals surface area contributed by atoms with E-state index < -0.39 is 11.9 Å². The second-order valence-corrected chi connectivity index (χ2v) is 6.40. The van der Waals surface area contributed by atoms with Crippen molar-refractivity contribution in [3.8, 4) is 0 Å². The van der Waals surface area contributed by atoms with E-state index in [4.69, 9.17) is 0 Å². The molecule has 0 atom stereocenters. The van der Waals surface area contributed by atoms with Gasteiger partial charge in [-0.3, -0.25) is 14.9 Å². The Bertz CT molecular complexity index is 802. The second-order valence-electron chi connectivity index (χ2n) is 6.40. The third kappa shape index (κ3) is 6.14. The van der Waals surface area contributed by atoms with Crippen LogP contribution < -0.4 is 21.3 Å². The van der Waals surface area contributed by atoms with Gasteiger partial charge in [-0.15, -0.1) is 0 Å². The van der Waals surface area contributed by atoms with Crippen molar-refractivity contribution in [2.45, 2.75) is 25.4 Å². The second kappa shape index (κ2) is 8.84. The standard InChI is InChI=1S/C20H22N4O3/c25-18(24-20(27)22-12-14-4-2-1-3-5-14)13-21-16-8-6-15(7-9-16)19(26)23-17-10-11-17/h1-9,17,21H,10-13H2,(H,23,26)(H2,22,24,25,27). The summed E-state index contributed by atoms with van der Waals surface area (Å²) >= 11 is 0. The number of urea groups is 1. The first-order valence-electron chi connectivity index (χ1n) is 8.86. The fraction of sp³-hybridized carbons (Fsp3) is 0.250. The van der Waals surface area contributed by atoms with Gasteiger partial charge in [-0.25, -0.2) is 4.79 Å². The minimum Gasteiger partial charge on any atom is -0.376 e.